The van der Waals surface area contributed by atoms with Crippen molar-refractivity contribution in [1.82, 2.24) is 0 Å². The van der Waals surface area contributed by atoms with E-state index in [1.807, 2.05) is 24.3 Å². The van der Waals surface area contributed by atoms with Gasteiger partial charge in [-0.2, -0.15) is 0 Å². The van der Waals surface area contributed by atoms with Gasteiger partial charge in [-0.15, -0.1) is 0 Å². The van der Waals surface area contributed by atoms with Gasteiger partial charge in [0, 0.05) is 0 Å². The van der Waals surface area contributed by atoms with Crippen LogP contribution in [0.1, 0.15) is 44.6 Å². The van der Waals surface area contributed by atoms with Crippen molar-refractivity contribution in [2.75, 3.05) is 7.11 Å². The average Bonchev–Trinajstić information content (AvgIpc) is 2.53. The highest BCUT2D eigenvalue weighted by Crippen LogP contribution is 2.33. The van der Waals surface area contributed by atoms with Gasteiger partial charge in [-0.1, -0.05) is 25.5 Å². The maximum absolute atomic E-state index is 12.2. The first-order chi connectivity index (χ1) is 10.1. The molecule has 1 saturated carbocycles. The average molecular weight is 291 g/mol. The van der Waals surface area contributed by atoms with Crippen LogP contribution in [0.5, 0.6) is 5.75 Å². The van der Waals surface area contributed by atoms with Crippen molar-refractivity contribution in [1.29, 1.82) is 0 Å². The lowest BCUT2D eigenvalue weighted by Crippen LogP contribution is -2.51. The normalized spacial score (nSPS) is 25.4. The fourth-order valence-electron chi connectivity index (χ4n) is 2.82. The second-order valence-electron chi connectivity index (χ2n) is 5.93. The number of methoxy groups -OCH3 is 1. The Bertz CT molecular complexity index is 461. The molecule has 0 radical (unpaired) electrons. The Morgan fingerprint density at radius 2 is 1.90 bits per heavy atom. The zero-order valence-corrected chi connectivity index (χ0v) is 12.9. The summed E-state index contributed by atoms with van der Waals surface area (Å²) in [5.74, 6) is 1.22. The van der Waals surface area contributed by atoms with Gasteiger partial charge in [0.2, 0.25) is 0 Å². The maximum atomic E-state index is 12.2. The van der Waals surface area contributed by atoms with Gasteiger partial charge in [0.05, 0.1) is 7.11 Å². The molecule has 0 aromatic heterocycles. The SMILES string of the molecule is CCC1CCC(N)(C(=O)OCc2ccc(OC)cc2)CC1. The molecule has 4 nitrogen and oxygen atoms in total. The van der Waals surface area contributed by atoms with Gasteiger partial charge in [-0.05, 0) is 49.3 Å². The topological polar surface area (TPSA) is 61.6 Å². The first-order valence-corrected chi connectivity index (χ1v) is 7.66. The summed E-state index contributed by atoms with van der Waals surface area (Å²) in [7, 11) is 1.62. The Kier molecular flexibility index (Phi) is 5.23. The Morgan fingerprint density at radius 3 is 2.43 bits per heavy atom. The van der Waals surface area contributed by atoms with Crippen LogP contribution in [-0.4, -0.2) is 18.6 Å². The van der Waals surface area contributed by atoms with Crippen molar-refractivity contribution in [3.8, 4) is 5.75 Å². The van der Waals surface area contributed by atoms with E-state index in [2.05, 4.69) is 6.92 Å². The Labute approximate surface area is 126 Å². The zero-order chi connectivity index (χ0) is 15.3. The molecule has 0 spiro atoms. The standard InChI is InChI=1S/C17H25NO3/c1-3-13-8-10-17(18,11-9-13)16(19)21-12-14-4-6-15(20-2)7-5-14/h4-7,13H,3,8-12,18H2,1-2H3. The molecule has 21 heavy (non-hydrogen) atoms. The van der Waals surface area contributed by atoms with Gasteiger partial charge >= 0.3 is 5.97 Å². The number of carbonyl (C=O) groups is 1. The van der Waals surface area contributed by atoms with Gasteiger partial charge in [0.1, 0.15) is 17.9 Å². The fraction of sp³-hybridized carbons (Fsp3) is 0.588. The van der Waals surface area contributed by atoms with Crippen LogP contribution < -0.4 is 10.5 Å². The van der Waals surface area contributed by atoms with E-state index in [1.165, 1.54) is 0 Å². The van der Waals surface area contributed by atoms with E-state index < -0.39 is 5.54 Å². The van der Waals surface area contributed by atoms with E-state index in [-0.39, 0.29) is 12.6 Å². The molecule has 0 heterocycles. The third-order valence-corrected chi connectivity index (χ3v) is 4.51. The van der Waals surface area contributed by atoms with Crippen molar-refractivity contribution >= 4 is 5.97 Å². The lowest BCUT2D eigenvalue weighted by molar-refractivity contribution is -0.153. The molecule has 1 aliphatic carbocycles. The van der Waals surface area contributed by atoms with Crippen LogP contribution >= 0.6 is 0 Å². The highest BCUT2D eigenvalue weighted by atomic mass is 16.5. The first kappa shape index (κ1) is 15.8. The van der Waals surface area contributed by atoms with Crippen LogP contribution in [0.3, 0.4) is 0 Å². The molecular weight excluding hydrogens is 266 g/mol. The maximum Gasteiger partial charge on any atom is 0.326 e. The second-order valence-corrected chi connectivity index (χ2v) is 5.93. The van der Waals surface area contributed by atoms with Crippen LogP contribution in [0.15, 0.2) is 24.3 Å². The molecule has 1 fully saturated rings. The molecule has 0 saturated heterocycles. The number of esters is 1. The number of hydrogen-bond acceptors (Lipinski definition) is 4. The summed E-state index contributed by atoms with van der Waals surface area (Å²) in [6.07, 6.45) is 4.66. The van der Waals surface area contributed by atoms with E-state index in [0.29, 0.717) is 5.92 Å². The number of hydrogen-bond donors (Lipinski definition) is 1. The molecule has 0 aliphatic heterocycles. The lowest BCUT2D eigenvalue weighted by atomic mass is 9.76. The third-order valence-electron chi connectivity index (χ3n) is 4.51. The summed E-state index contributed by atoms with van der Waals surface area (Å²) in [6, 6.07) is 7.49. The molecule has 1 aromatic rings. The Hall–Kier alpha value is -1.55. The van der Waals surface area contributed by atoms with Gasteiger partial charge in [-0.3, -0.25) is 4.79 Å². The van der Waals surface area contributed by atoms with Crippen LogP contribution in [0.4, 0.5) is 0 Å². The molecule has 0 unspecified atom stereocenters. The minimum Gasteiger partial charge on any atom is -0.497 e. The van der Waals surface area contributed by atoms with Crippen LogP contribution in [0.2, 0.25) is 0 Å². The fourth-order valence-corrected chi connectivity index (χ4v) is 2.82. The number of nitrogens with two attached hydrogens (primary N) is 1. The van der Waals surface area contributed by atoms with Gasteiger partial charge in [0.25, 0.3) is 0 Å². The van der Waals surface area contributed by atoms with Crippen LogP contribution in [-0.2, 0) is 16.1 Å². The summed E-state index contributed by atoms with van der Waals surface area (Å²) < 4.78 is 10.5. The molecule has 4 heteroatoms. The quantitative estimate of drug-likeness (QED) is 0.847. The van der Waals surface area contributed by atoms with Gasteiger partial charge in [-0.25, -0.2) is 0 Å². The van der Waals surface area contributed by atoms with Crippen molar-refractivity contribution in [3.63, 3.8) is 0 Å². The summed E-state index contributed by atoms with van der Waals surface area (Å²) >= 11 is 0. The molecule has 1 aliphatic rings. The first-order valence-electron chi connectivity index (χ1n) is 7.66. The predicted octanol–water partition coefficient (Wildman–Crippen LogP) is 3.04. The largest absolute Gasteiger partial charge is 0.497 e. The third kappa shape index (κ3) is 3.97. The van der Waals surface area contributed by atoms with E-state index >= 15 is 0 Å². The van der Waals surface area contributed by atoms with E-state index in [9.17, 15) is 4.79 Å². The minimum atomic E-state index is -0.794. The van der Waals surface area contributed by atoms with E-state index in [0.717, 1.165) is 43.4 Å². The molecule has 0 amide bonds. The highest BCUT2D eigenvalue weighted by molar-refractivity contribution is 5.80. The number of benzene rings is 1. The molecule has 2 N–H and O–H groups in total. The van der Waals surface area contributed by atoms with Gasteiger partial charge in [0.15, 0.2) is 0 Å². The molecule has 116 valence electrons. The summed E-state index contributed by atoms with van der Waals surface area (Å²) in [6.45, 7) is 2.45. The second kappa shape index (κ2) is 6.94. The predicted molar refractivity (Wildman–Crippen MR) is 82.0 cm³/mol. The molecule has 2 rings (SSSR count). The van der Waals surface area contributed by atoms with Crippen LogP contribution in [0, 0.1) is 5.92 Å². The molecule has 1 aromatic carbocycles. The monoisotopic (exact) mass is 291 g/mol. The van der Waals surface area contributed by atoms with Crippen molar-refractivity contribution in [3.05, 3.63) is 29.8 Å². The summed E-state index contributed by atoms with van der Waals surface area (Å²) in [4.78, 5) is 12.2. The molecule has 0 atom stereocenters. The highest BCUT2D eigenvalue weighted by Gasteiger charge is 2.39. The van der Waals surface area contributed by atoms with Gasteiger partial charge < -0.3 is 15.2 Å². The number of rotatable bonds is 5. The Morgan fingerprint density at radius 1 is 1.29 bits per heavy atom. The van der Waals surface area contributed by atoms with Crippen LogP contribution in [0.25, 0.3) is 0 Å². The van der Waals surface area contributed by atoms with Crippen molar-refractivity contribution < 1.29 is 14.3 Å². The Balaban J connectivity index is 1.86. The number of carbonyl (C=O) groups excluding carboxylic acids is 1. The summed E-state index contributed by atoms with van der Waals surface area (Å²) in [5, 5.41) is 0. The van der Waals surface area contributed by atoms with Crippen molar-refractivity contribution in [2.24, 2.45) is 11.7 Å². The van der Waals surface area contributed by atoms with Crippen molar-refractivity contribution in [2.45, 2.75) is 51.2 Å². The minimum absolute atomic E-state index is 0.263. The summed E-state index contributed by atoms with van der Waals surface area (Å²) in [5.41, 5.74) is 6.38. The molecular formula is C17H25NO3. The zero-order valence-electron chi connectivity index (χ0n) is 12.9. The smallest absolute Gasteiger partial charge is 0.326 e. The lowest BCUT2D eigenvalue weighted by Gasteiger charge is -2.34. The van der Waals surface area contributed by atoms with E-state index in [4.69, 9.17) is 15.2 Å². The molecule has 0 bridgehead atoms. The number of ether oxygens (including phenoxy) is 2. The van der Waals surface area contributed by atoms with E-state index in [1.54, 1.807) is 7.11 Å².